The number of methoxy groups -OCH3 is 1. The molecule has 0 amide bonds. The summed E-state index contributed by atoms with van der Waals surface area (Å²) in [5.74, 6) is 4.28. The quantitative estimate of drug-likeness (QED) is 0.318. The van der Waals surface area contributed by atoms with Crippen molar-refractivity contribution in [3.63, 3.8) is 0 Å². The number of aryl methyl sites for hydroxylation is 1. The number of hydrogen-bond donors (Lipinski definition) is 3. The van der Waals surface area contributed by atoms with Gasteiger partial charge in [0, 0.05) is 38.9 Å². The van der Waals surface area contributed by atoms with Gasteiger partial charge in [-0.3, -0.25) is 4.99 Å². The van der Waals surface area contributed by atoms with Crippen LogP contribution in [-0.2, 0) is 24.3 Å². The third kappa shape index (κ3) is 5.44. The number of thioether (sulfide) groups is 1. The third-order valence-corrected chi connectivity index (χ3v) is 5.64. The molecule has 25 heavy (non-hydrogen) atoms. The molecule has 1 aromatic heterocycles. The van der Waals surface area contributed by atoms with Gasteiger partial charge in [0.2, 0.25) is 0 Å². The molecule has 0 aromatic carbocycles. The van der Waals surface area contributed by atoms with Crippen LogP contribution >= 0.6 is 35.7 Å². The fourth-order valence-electron chi connectivity index (χ4n) is 3.04. The number of aliphatic hydroxyl groups is 1. The summed E-state index contributed by atoms with van der Waals surface area (Å²) < 4.78 is 7.04. The molecule has 1 aromatic rings. The molecule has 0 saturated carbocycles. The van der Waals surface area contributed by atoms with Crippen molar-refractivity contribution in [3.8, 4) is 0 Å². The van der Waals surface area contributed by atoms with Crippen LogP contribution in [-0.4, -0.2) is 69.7 Å². The second-order valence-corrected chi connectivity index (χ2v) is 7.50. The largest absolute Gasteiger partial charge is 0.387 e. The van der Waals surface area contributed by atoms with E-state index in [4.69, 9.17) is 4.74 Å². The Morgan fingerprint density at radius 2 is 2.40 bits per heavy atom. The smallest absolute Gasteiger partial charge is 0.191 e. The van der Waals surface area contributed by atoms with Crippen molar-refractivity contribution in [1.82, 2.24) is 25.4 Å². The molecule has 3 rings (SSSR count). The van der Waals surface area contributed by atoms with E-state index < -0.39 is 5.60 Å². The molecular weight excluding hydrogens is 455 g/mol. The van der Waals surface area contributed by atoms with Crippen molar-refractivity contribution < 1.29 is 9.84 Å². The Kier molecular flexibility index (Phi) is 7.77. The zero-order chi connectivity index (χ0) is 17.0. The van der Waals surface area contributed by atoms with Gasteiger partial charge >= 0.3 is 0 Å². The van der Waals surface area contributed by atoms with E-state index in [9.17, 15) is 5.11 Å². The van der Waals surface area contributed by atoms with Gasteiger partial charge in [0.05, 0.1) is 12.1 Å². The standard InChI is InChI=1S/C15H26N6O2S.HI/c1-16-14(17-9-15(22)5-6-24-10-15)18-11-3-4-13-19-12(8-23-2)20-21(13)7-11;/h11,22H,3-10H2,1-2H3,(H2,16,17,18);1H. The zero-order valence-corrected chi connectivity index (χ0v) is 17.8. The number of fused-ring (bicyclic) bond motifs is 1. The highest BCUT2D eigenvalue weighted by Gasteiger charge is 2.32. The molecule has 2 unspecified atom stereocenters. The Balaban J connectivity index is 0.00000225. The lowest BCUT2D eigenvalue weighted by atomic mass is 10.0. The molecule has 2 aliphatic rings. The molecule has 142 valence electrons. The first-order valence-corrected chi connectivity index (χ1v) is 9.46. The van der Waals surface area contributed by atoms with Crippen molar-refractivity contribution in [2.24, 2.45) is 4.99 Å². The van der Waals surface area contributed by atoms with E-state index in [2.05, 4.69) is 25.7 Å². The first-order chi connectivity index (χ1) is 11.6. The number of ether oxygens (including phenoxy) is 1. The molecule has 3 heterocycles. The average molecular weight is 482 g/mol. The summed E-state index contributed by atoms with van der Waals surface area (Å²) in [6.07, 6.45) is 2.69. The maximum Gasteiger partial charge on any atom is 0.191 e. The Morgan fingerprint density at radius 3 is 3.08 bits per heavy atom. The van der Waals surface area contributed by atoms with Gasteiger partial charge in [-0.05, 0) is 18.6 Å². The molecule has 1 fully saturated rings. The molecular formula is C15H27IN6O2S. The lowest BCUT2D eigenvalue weighted by molar-refractivity contribution is 0.0723. The number of hydrogen-bond acceptors (Lipinski definition) is 6. The van der Waals surface area contributed by atoms with Crippen molar-refractivity contribution >= 4 is 41.7 Å². The molecule has 0 spiro atoms. The second-order valence-electron chi connectivity index (χ2n) is 6.39. The van der Waals surface area contributed by atoms with Crippen LogP contribution in [0.5, 0.6) is 0 Å². The van der Waals surface area contributed by atoms with E-state index in [-0.39, 0.29) is 30.0 Å². The SMILES string of the molecule is CN=C(NCC1(O)CCSC1)NC1CCc2nc(COC)nn2C1.I. The molecule has 0 radical (unpaired) electrons. The second kappa shape index (κ2) is 9.38. The molecule has 2 aliphatic heterocycles. The van der Waals surface area contributed by atoms with Gasteiger partial charge in [0.25, 0.3) is 0 Å². The summed E-state index contributed by atoms with van der Waals surface area (Å²) in [7, 11) is 3.40. The Morgan fingerprint density at radius 1 is 1.56 bits per heavy atom. The van der Waals surface area contributed by atoms with E-state index in [0.717, 1.165) is 54.9 Å². The van der Waals surface area contributed by atoms with E-state index in [1.54, 1.807) is 25.9 Å². The van der Waals surface area contributed by atoms with Crippen molar-refractivity contribution in [2.45, 2.75) is 44.1 Å². The molecule has 8 nitrogen and oxygen atoms in total. The summed E-state index contributed by atoms with van der Waals surface area (Å²) in [4.78, 5) is 8.77. The van der Waals surface area contributed by atoms with E-state index >= 15 is 0 Å². The van der Waals surface area contributed by atoms with Gasteiger partial charge in [-0.15, -0.1) is 24.0 Å². The van der Waals surface area contributed by atoms with Crippen LogP contribution in [0.4, 0.5) is 0 Å². The molecule has 10 heteroatoms. The minimum Gasteiger partial charge on any atom is -0.387 e. The highest BCUT2D eigenvalue weighted by molar-refractivity contribution is 14.0. The van der Waals surface area contributed by atoms with Crippen LogP contribution in [0.15, 0.2) is 4.99 Å². The van der Waals surface area contributed by atoms with Crippen LogP contribution in [0.1, 0.15) is 24.5 Å². The number of nitrogens with one attached hydrogen (secondary N) is 2. The van der Waals surface area contributed by atoms with E-state index in [1.165, 1.54) is 0 Å². The Bertz CT molecular complexity index is 591. The van der Waals surface area contributed by atoms with Crippen molar-refractivity contribution in [1.29, 1.82) is 0 Å². The van der Waals surface area contributed by atoms with Gasteiger partial charge in [0.1, 0.15) is 12.4 Å². The minimum absolute atomic E-state index is 0. The first-order valence-electron chi connectivity index (χ1n) is 8.31. The summed E-state index contributed by atoms with van der Waals surface area (Å²) in [6, 6.07) is 0.244. The third-order valence-electron chi connectivity index (χ3n) is 4.41. The van der Waals surface area contributed by atoms with Gasteiger partial charge in [-0.2, -0.15) is 16.9 Å². The fraction of sp³-hybridized carbons (Fsp3) is 0.800. The molecule has 3 N–H and O–H groups in total. The summed E-state index contributed by atoms with van der Waals surface area (Å²) in [6.45, 7) is 1.73. The van der Waals surface area contributed by atoms with Crippen molar-refractivity contribution in [3.05, 3.63) is 11.6 Å². The Labute approximate surface area is 169 Å². The van der Waals surface area contributed by atoms with Crippen LogP contribution in [0.3, 0.4) is 0 Å². The van der Waals surface area contributed by atoms with Gasteiger partial charge < -0.3 is 20.5 Å². The van der Waals surface area contributed by atoms with Crippen LogP contribution < -0.4 is 10.6 Å². The summed E-state index contributed by atoms with van der Waals surface area (Å²) >= 11 is 1.80. The molecule has 0 aliphatic carbocycles. The zero-order valence-electron chi connectivity index (χ0n) is 14.7. The monoisotopic (exact) mass is 482 g/mol. The molecule has 0 bridgehead atoms. The number of guanidine groups is 1. The predicted molar refractivity (Wildman–Crippen MR) is 110 cm³/mol. The summed E-state index contributed by atoms with van der Waals surface area (Å²) in [5, 5.41) is 21.6. The average Bonchev–Trinajstić information content (AvgIpc) is 3.17. The highest BCUT2D eigenvalue weighted by Crippen LogP contribution is 2.26. The highest BCUT2D eigenvalue weighted by atomic mass is 127. The van der Waals surface area contributed by atoms with Gasteiger partial charge in [-0.1, -0.05) is 0 Å². The van der Waals surface area contributed by atoms with Crippen LogP contribution in [0.2, 0.25) is 0 Å². The molecule has 1 saturated heterocycles. The maximum absolute atomic E-state index is 10.4. The number of nitrogens with zero attached hydrogens (tertiary/aromatic N) is 4. The topological polar surface area (TPSA) is 96.6 Å². The van der Waals surface area contributed by atoms with Gasteiger partial charge in [-0.25, -0.2) is 9.67 Å². The predicted octanol–water partition coefficient (Wildman–Crippen LogP) is 0.390. The Hall–Kier alpha value is -0.590. The van der Waals surface area contributed by atoms with E-state index in [1.807, 2.05) is 4.68 Å². The van der Waals surface area contributed by atoms with Crippen LogP contribution in [0, 0.1) is 0 Å². The number of aromatic nitrogens is 3. The first kappa shape index (κ1) is 20.7. The summed E-state index contributed by atoms with van der Waals surface area (Å²) in [5.41, 5.74) is -0.622. The van der Waals surface area contributed by atoms with E-state index in [0.29, 0.717) is 13.2 Å². The number of aliphatic imine (C=N–C) groups is 1. The fourth-order valence-corrected chi connectivity index (χ4v) is 4.34. The lowest BCUT2D eigenvalue weighted by Gasteiger charge is -2.27. The lowest BCUT2D eigenvalue weighted by Crippen LogP contribution is -2.51. The number of rotatable bonds is 5. The minimum atomic E-state index is -0.622. The normalized spacial score (nSPS) is 26.0. The number of halogens is 1. The van der Waals surface area contributed by atoms with Crippen molar-refractivity contribution in [2.75, 3.05) is 32.2 Å². The molecule has 2 atom stereocenters. The van der Waals surface area contributed by atoms with Gasteiger partial charge in [0.15, 0.2) is 11.8 Å². The van der Waals surface area contributed by atoms with Crippen LogP contribution in [0.25, 0.3) is 0 Å². The maximum atomic E-state index is 10.4.